The van der Waals surface area contributed by atoms with Gasteiger partial charge < -0.3 is 10.5 Å². The first kappa shape index (κ1) is 8.44. The molecule has 0 amide bonds. The van der Waals surface area contributed by atoms with E-state index in [2.05, 4.69) is 9.97 Å². The number of ether oxygens (including phenoxy) is 1. The smallest absolute Gasteiger partial charge is 0.131 e. The lowest BCUT2D eigenvalue weighted by molar-refractivity contribution is 0.185. The van der Waals surface area contributed by atoms with Crippen molar-refractivity contribution in [3.05, 3.63) is 18.1 Å². The van der Waals surface area contributed by atoms with E-state index in [0.717, 1.165) is 31.9 Å². The largest absolute Gasteiger partial charge is 0.384 e. The summed E-state index contributed by atoms with van der Waals surface area (Å²) < 4.78 is 5.27. The fourth-order valence-electron chi connectivity index (χ4n) is 1.52. The van der Waals surface area contributed by atoms with Gasteiger partial charge in [0.2, 0.25) is 0 Å². The van der Waals surface area contributed by atoms with Crippen LogP contribution < -0.4 is 5.73 Å². The van der Waals surface area contributed by atoms with Gasteiger partial charge in [-0.2, -0.15) is 0 Å². The Morgan fingerprint density at radius 3 is 3.23 bits per heavy atom. The minimum Gasteiger partial charge on any atom is -0.384 e. The summed E-state index contributed by atoms with van der Waals surface area (Å²) >= 11 is 0. The van der Waals surface area contributed by atoms with E-state index in [0.29, 0.717) is 11.7 Å². The summed E-state index contributed by atoms with van der Waals surface area (Å²) in [5.74, 6) is 1.95. The Morgan fingerprint density at radius 2 is 2.54 bits per heavy atom. The molecule has 0 bridgehead atoms. The number of nitrogens with zero attached hydrogens (tertiary/aromatic N) is 2. The molecule has 0 radical (unpaired) electrons. The number of nitrogen functional groups attached to an aromatic ring is 1. The number of hydrogen-bond donors (Lipinski definition) is 1. The molecule has 0 aromatic carbocycles. The van der Waals surface area contributed by atoms with E-state index in [9.17, 15) is 0 Å². The quantitative estimate of drug-likeness (QED) is 0.723. The van der Waals surface area contributed by atoms with Crippen LogP contribution in [0.3, 0.4) is 0 Å². The van der Waals surface area contributed by atoms with Gasteiger partial charge in [0.1, 0.15) is 11.6 Å². The molecule has 1 atom stereocenters. The minimum absolute atomic E-state index is 0.545. The van der Waals surface area contributed by atoms with Gasteiger partial charge in [-0.3, -0.25) is 0 Å². The van der Waals surface area contributed by atoms with E-state index >= 15 is 0 Å². The fraction of sp³-hybridized carbons (Fsp3) is 0.556. The first-order valence-corrected chi connectivity index (χ1v) is 4.50. The molecule has 2 N–H and O–H groups in total. The second-order valence-electron chi connectivity index (χ2n) is 3.33. The van der Waals surface area contributed by atoms with Gasteiger partial charge in [-0.25, -0.2) is 9.97 Å². The van der Waals surface area contributed by atoms with Crippen LogP contribution in [0.5, 0.6) is 0 Å². The Morgan fingerprint density at radius 1 is 1.62 bits per heavy atom. The van der Waals surface area contributed by atoms with Crippen molar-refractivity contribution in [2.45, 2.75) is 12.8 Å². The van der Waals surface area contributed by atoms with Crippen LogP contribution in [0, 0.1) is 5.92 Å². The third-order valence-electron chi connectivity index (χ3n) is 2.22. The first-order valence-electron chi connectivity index (χ1n) is 4.50. The molecular weight excluding hydrogens is 166 g/mol. The lowest BCUT2D eigenvalue weighted by Crippen LogP contribution is -2.07. The maximum atomic E-state index is 5.55. The highest BCUT2D eigenvalue weighted by Crippen LogP contribution is 2.16. The molecule has 0 aliphatic carbocycles. The summed E-state index contributed by atoms with van der Waals surface area (Å²) in [4.78, 5) is 8.30. The van der Waals surface area contributed by atoms with Crippen LogP contribution in [0.15, 0.2) is 12.3 Å². The van der Waals surface area contributed by atoms with Gasteiger partial charge in [-0.1, -0.05) is 0 Å². The third kappa shape index (κ3) is 2.15. The van der Waals surface area contributed by atoms with Crippen molar-refractivity contribution in [3.8, 4) is 0 Å². The molecule has 4 heteroatoms. The second-order valence-corrected chi connectivity index (χ2v) is 3.33. The SMILES string of the molecule is Nc1ccnc(C[C@H]2CCOC2)n1. The zero-order valence-electron chi connectivity index (χ0n) is 7.44. The molecule has 1 aromatic heterocycles. The predicted octanol–water partition coefficient (Wildman–Crippen LogP) is 0.638. The predicted molar refractivity (Wildman–Crippen MR) is 49.1 cm³/mol. The molecule has 2 rings (SSSR count). The number of aromatic nitrogens is 2. The highest BCUT2D eigenvalue weighted by atomic mass is 16.5. The topological polar surface area (TPSA) is 61.0 Å². The number of hydrogen-bond acceptors (Lipinski definition) is 4. The van der Waals surface area contributed by atoms with Crippen molar-refractivity contribution in [2.24, 2.45) is 5.92 Å². The summed E-state index contributed by atoms with van der Waals surface area (Å²) in [5, 5.41) is 0. The van der Waals surface area contributed by atoms with Crippen LogP contribution in [0.2, 0.25) is 0 Å². The molecule has 1 aliphatic heterocycles. The highest BCUT2D eigenvalue weighted by Gasteiger charge is 2.17. The summed E-state index contributed by atoms with van der Waals surface area (Å²) in [6, 6.07) is 1.70. The highest BCUT2D eigenvalue weighted by molar-refractivity contribution is 5.25. The Balaban J connectivity index is 2.00. The van der Waals surface area contributed by atoms with Crippen LogP contribution in [0.4, 0.5) is 5.82 Å². The maximum absolute atomic E-state index is 5.55. The van der Waals surface area contributed by atoms with Crippen molar-refractivity contribution < 1.29 is 4.74 Å². The van der Waals surface area contributed by atoms with Gasteiger partial charge >= 0.3 is 0 Å². The van der Waals surface area contributed by atoms with E-state index in [-0.39, 0.29) is 0 Å². The molecule has 1 aliphatic rings. The average Bonchev–Trinajstić information content (AvgIpc) is 2.57. The van der Waals surface area contributed by atoms with Crippen LogP contribution in [-0.4, -0.2) is 23.2 Å². The summed E-state index contributed by atoms with van der Waals surface area (Å²) in [6.07, 6.45) is 3.69. The maximum Gasteiger partial charge on any atom is 0.131 e. The molecule has 2 heterocycles. The third-order valence-corrected chi connectivity index (χ3v) is 2.22. The molecule has 1 saturated heterocycles. The van der Waals surface area contributed by atoms with Crippen molar-refractivity contribution in [1.82, 2.24) is 9.97 Å². The van der Waals surface area contributed by atoms with Gasteiger partial charge in [0.15, 0.2) is 0 Å². The molecule has 4 nitrogen and oxygen atoms in total. The lowest BCUT2D eigenvalue weighted by Gasteiger charge is -2.05. The average molecular weight is 179 g/mol. The number of anilines is 1. The minimum atomic E-state index is 0.545. The molecule has 1 aromatic rings. The molecule has 1 fully saturated rings. The van der Waals surface area contributed by atoms with Crippen LogP contribution in [0.25, 0.3) is 0 Å². The summed E-state index contributed by atoms with van der Waals surface area (Å²) in [5.41, 5.74) is 5.55. The summed E-state index contributed by atoms with van der Waals surface area (Å²) in [6.45, 7) is 1.70. The molecule has 0 spiro atoms. The Bertz CT molecular complexity index is 284. The van der Waals surface area contributed by atoms with Gasteiger partial charge in [-0.05, 0) is 18.4 Å². The summed E-state index contributed by atoms with van der Waals surface area (Å²) in [7, 11) is 0. The van der Waals surface area contributed by atoms with E-state index < -0.39 is 0 Å². The zero-order chi connectivity index (χ0) is 9.10. The molecule has 0 unspecified atom stereocenters. The van der Waals surface area contributed by atoms with Crippen molar-refractivity contribution in [2.75, 3.05) is 18.9 Å². The van der Waals surface area contributed by atoms with Gasteiger partial charge in [0, 0.05) is 25.8 Å². The monoisotopic (exact) mass is 179 g/mol. The Hall–Kier alpha value is -1.16. The molecule has 70 valence electrons. The van der Waals surface area contributed by atoms with E-state index in [4.69, 9.17) is 10.5 Å². The van der Waals surface area contributed by atoms with Gasteiger partial charge in [0.25, 0.3) is 0 Å². The van der Waals surface area contributed by atoms with Crippen molar-refractivity contribution in [1.29, 1.82) is 0 Å². The first-order chi connectivity index (χ1) is 6.34. The lowest BCUT2D eigenvalue weighted by atomic mass is 10.1. The van der Waals surface area contributed by atoms with Gasteiger partial charge in [-0.15, -0.1) is 0 Å². The van der Waals surface area contributed by atoms with Gasteiger partial charge in [0.05, 0.1) is 0 Å². The Kier molecular flexibility index (Phi) is 2.40. The van der Waals surface area contributed by atoms with E-state index in [1.165, 1.54) is 0 Å². The molecule has 13 heavy (non-hydrogen) atoms. The van der Waals surface area contributed by atoms with Crippen LogP contribution in [0.1, 0.15) is 12.2 Å². The standard InChI is InChI=1S/C9H13N3O/c10-8-1-3-11-9(12-8)5-7-2-4-13-6-7/h1,3,7H,2,4-6H2,(H2,10,11,12)/t7-/m1/s1. The number of rotatable bonds is 2. The van der Waals surface area contributed by atoms with Crippen molar-refractivity contribution >= 4 is 5.82 Å². The normalized spacial score (nSPS) is 22.0. The zero-order valence-corrected chi connectivity index (χ0v) is 7.44. The number of nitrogens with two attached hydrogens (primary N) is 1. The van der Waals surface area contributed by atoms with E-state index in [1.54, 1.807) is 12.3 Å². The Labute approximate surface area is 77.1 Å². The van der Waals surface area contributed by atoms with Crippen molar-refractivity contribution in [3.63, 3.8) is 0 Å². The van der Waals surface area contributed by atoms with Crippen LogP contribution in [-0.2, 0) is 11.2 Å². The van der Waals surface area contributed by atoms with E-state index in [1.807, 2.05) is 0 Å². The molecular formula is C9H13N3O. The fourth-order valence-corrected chi connectivity index (χ4v) is 1.52. The van der Waals surface area contributed by atoms with Crippen LogP contribution >= 0.6 is 0 Å². The molecule has 0 saturated carbocycles. The second kappa shape index (κ2) is 3.70.